The van der Waals surface area contributed by atoms with E-state index in [9.17, 15) is 4.79 Å². The topological polar surface area (TPSA) is 59.3 Å². The zero-order valence-electron chi connectivity index (χ0n) is 11.6. The first-order valence-corrected chi connectivity index (χ1v) is 6.94. The predicted molar refractivity (Wildman–Crippen MR) is 79.6 cm³/mol. The molecule has 0 radical (unpaired) electrons. The first kappa shape index (κ1) is 14.9. The third-order valence-corrected chi connectivity index (χ3v) is 3.88. The fourth-order valence-electron chi connectivity index (χ4n) is 1.73. The number of carbonyl (C=O) groups excluding carboxylic acids is 1. The van der Waals surface area contributed by atoms with Crippen LogP contribution in [-0.2, 0) is 4.74 Å². The number of nitriles is 1. The molecule has 0 aliphatic rings. The number of benzene rings is 2. The highest BCUT2D eigenvalue weighted by Crippen LogP contribution is 2.32. The third-order valence-electron chi connectivity index (χ3n) is 2.80. The van der Waals surface area contributed by atoms with Crippen molar-refractivity contribution in [2.75, 3.05) is 14.2 Å². The minimum Gasteiger partial charge on any atom is -0.497 e. The Balaban J connectivity index is 2.34. The molecule has 0 amide bonds. The zero-order chi connectivity index (χ0) is 15.2. The standard InChI is InChI=1S/C16H13NO3S/c1-19-12-4-6-13(7-5-12)21-15-8-3-11(10-17)9-14(15)16(18)20-2/h3-9H,1-2H3. The van der Waals surface area contributed by atoms with Crippen LogP contribution in [0.3, 0.4) is 0 Å². The molecule has 21 heavy (non-hydrogen) atoms. The van der Waals surface area contributed by atoms with Crippen LogP contribution in [0.5, 0.6) is 5.75 Å². The first-order chi connectivity index (χ1) is 10.2. The van der Waals surface area contributed by atoms with Gasteiger partial charge in [-0.15, -0.1) is 0 Å². The molecule has 2 aromatic rings. The fraction of sp³-hybridized carbons (Fsp3) is 0.125. The first-order valence-electron chi connectivity index (χ1n) is 6.12. The lowest BCUT2D eigenvalue weighted by molar-refractivity contribution is 0.0596. The smallest absolute Gasteiger partial charge is 0.339 e. The number of hydrogen-bond acceptors (Lipinski definition) is 5. The second-order valence-electron chi connectivity index (χ2n) is 4.09. The summed E-state index contributed by atoms with van der Waals surface area (Å²) < 4.78 is 9.88. The Labute approximate surface area is 127 Å². The number of ether oxygens (including phenoxy) is 2. The van der Waals surface area contributed by atoms with Crippen LogP contribution in [-0.4, -0.2) is 20.2 Å². The molecule has 2 aromatic carbocycles. The fourth-order valence-corrected chi connectivity index (χ4v) is 2.64. The van der Waals surface area contributed by atoms with Crippen LogP contribution in [0.2, 0.25) is 0 Å². The van der Waals surface area contributed by atoms with Crippen molar-refractivity contribution in [1.29, 1.82) is 5.26 Å². The predicted octanol–water partition coefficient (Wildman–Crippen LogP) is 3.50. The van der Waals surface area contributed by atoms with Crippen LogP contribution in [0.1, 0.15) is 15.9 Å². The van der Waals surface area contributed by atoms with Gasteiger partial charge in [0.15, 0.2) is 0 Å². The van der Waals surface area contributed by atoms with E-state index in [2.05, 4.69) is 0 Å². The van der Waals surface area contributed by atoms with Crippen molar-refractivity contribution in [2.24, 2.45) is 0 Å². The Bertz CT molecular complexity index is 690. The van der Waals surface area contributed by atoms with Gasteiger partial charge in [0.2, 0.25) is 0 Å². The summed E-state index contributed by atoms with van der Waals surface area (Å²) in [4.78, 5) is 13.5. The normalized spacial score (nSPS) is 9.76. The van der Waals surface area contributed by atoms with E-state index < -0.39 is 5.97 Å². The van der Waals surface area contributed by atoms with Crippen LogP contribution in [0.15, 0.2) is 52.3 Å². The summed E-state index contributed by atoms with van der Waals surface area (Å²) in [6.07, 6.45) is 0. The van der Waals surface area contributed by atoms with Crippen molar-refractivity contribution in [1.82, 2.24) is 0 Å². The van der Waals surface area contributed by atoms with Gasteiger partial charge in [0.1, 0.15) is 5.75 Å². The maximum Gasteiger partial charge on any atom is 0.339 e. The van der Waals surface area contributed by atoms with E-state index in [0.29, 0.717) is 11.1 Å². The molecule has 0 aliphatic heterocycles. The molecule has 0 heterocycles. The molecule has 0 saturated carbocycles. The minimum atomic E-state index is -0.455. The lowest BCUT2D eigenvalue weighted by Crippen LogP contribution is -2.03. The number of esters is 1. The van der Waals surface area contributed by atoms with Gasteiger partial charge < -0.3 is 9.47 Å². The average molecular weight is 299 g/mol. The molecule has 0 N–H and O–H groups in total. The maximum absolute atomic E-state index is 11.8. The van der Waals surface area contributed by atoms with Gasteiger partial charge in [0, 0.05) is 9.79 Å². The maximum atomic E-state index is 11.8. The highest BCUT2D eigenvalue weighted by molar-refractivity contribution is 7.99. The van der Waals surface area contributed by atoms with E-state index in [1.807, 2.05) is 30.3 Å². The second kappa shape index (κ2) is 6.82. The van der Waals surface area contributed by atoms with E-state index >= 15 is 0 Å². The molecule has 0 fully saturated rings. The Hall–Kier alpha value is -2.45. The average Bonchev–Trinajstić information content (AvgIpc) is 2.55. The lowest BCUT2D eigenvalue weighted by atomic mass is 10.1. The van der Waals surface area contributed by atoms with Crippen molar-refractivity contribution < 1.29 is 14.3 Å². The van der Waals surface area contributed by atoms with Gasteiger partial charge in [-0.05, 0) is 42.5 Å². The molecular weight excluding hydrogens is 286 g/mol. The number of methoxy groups -OCH3 is 2. The summed E-state index contributed by atoms with van der Waals surface area (Å²) in [6.45, 7) is 0. The molecule has 2 rings (SSSR count). The molecule has 0 unspecified atom stereocenters. The molecule has 5 heteroatoms. The molecule has 0 saturated heterocycles. The minimum absolute atomic E-state index is 0.386. The van der Waals surface area contributed by atoms with Gasteiger partial charge in [-0.3, -0.25) is 0 Å². The van der Waals surface area contributed by atoms with Crippen molar-refractivity contribution >= 4 is 17.7 Å². The summed E-state index contributed by atoms with van der Waals surface area (Å²) in [5, 5.41) is 8.93. The van der Waals surface area contributed by atoms with E-state index in [4.69, 9.17) is 14.7 Å². The van der Waals surface area contributed by atoms with Gasteiger partial charge >= 0.3 is 5.97 Å². The Morgan fingerprint density at radius 1 is 1.14 bits per heavy atom. The van der Waals surface area contributed by atoms with Crippen LogP contribution in [0.4, 0.5) is 0 Å². The van der Waals surface area contributed by atoms with E-state index in [-0.39, 0.29) is 0 Å². The van der Waals surface area contributed by atoms with E-state index in [1.54, 1.807) is 19.2 Å². The van der Waals surface area contributed by atoms with Crippen molar-refractivity contribution in [3.05, 3.63) is 53.6 Å². The van der Waals surface area contributed by atoms with Crippen molar-refractivity contribution in [2.45, 2.75) is 9.79 Å². The Morgan fingerprint density at radius 2 is 1.86 bits per heavy atom. The van der Waals surface area contributed by atoms with Gasteiger partial charge in [-0.2, -0.15) is 5.26 Å². The lowest BCUT2D eigenvalue weighted by Gasteiger charge is -2.08. The van der Waals surface area contributed by atoms with Gasteiger partial charge in [-0.1, -0.05) is 11.8 Å². The number of carbonyl (C=O) groups is 1. The molecular formula is C16H13NO3S. The molecule has 106 valence electrons. The summed E-state index contributed by atoms with van der Waals surface area (Å²) in [5.74, 6) is 0.315. The van der Waals surface area contributed by atoms with Crippen molar-refractivity contribution in [3.63, 3.8) is 0 Å². The van der Waals surface area contributed by atoms with Gasteiger partial charge in [-0.25, -0.2) is 4.79 Å². The highest BCUT2D eigenvalue weighted by Gasteiger charge is 2.14. The van der Waals surface area contributed by atoms with Crippen molar-refractivity contribution in [3.8, 4) is 11.8 Å². The third kappa shape index (κ3) is 3.56. The summed E-state index contributed by atoms with van der Waals surface area (Å²) in [7, 11) is 2.93. The highest BCUT2D eigenvalue weighted by atomic mass is 32.2. The van der Waals surface area contributed by atoms with Gasteiger partial charge in [0.25, 0.3) is 0 Å². The summed E-state index contributed by atoms with van der Waals surface area (Å²) in [6, 6.07) is 14.5. The van der Waals surface area contributed by atoms with Crippen LogP contribution < -0.4 is 4.74 Å². The van der Waals surface area contributed by atoms with Crippen LogP contribution >= 0.6 is 11.8 Å². The second-order valence-corrected chi connectivity index (χ2v) is 5.21. The largest absolute Gasteiger partial charge is 0.497 e. The summed E-state index contributed by atoms with van der Waals surface area (Å²) >= 11 is 1.43. The van der Waals surface area contributed by atoms with Crippen LogP contribution in [0.25, 0.3) is 0 Å². The molecule has 0 aromatic heterocycles. The molecule has 0 spiro atoms. The van der Waals surface area contributed by atoms with E-state index in [0.717, 1.165) is 15.5 Å². The quantitative estimate of drug-likeness (QED) is 0.809. The van der Waals surface area contributed by atoms with Gasteiger partial charge in [0.05, 0.1) is 31.4 Å². The van der Waals surface area contributed by atoms with Crippen LogP contribution in [0, 0.1) is 11.3 Å². The SMILES string of the molecule is COC(=O)c1cc(C#N)ccc1Sc1ccc(OC)cc1. The zero-order valence-corrected chi connectivity index (χ0v) is 12.4. The van der Waals surface area contributed by atoms with E-state index in [1.165, 1.54) is 24.9 Å². The summed E-state index contributed by atoms with van der Waals surface area (Å²) in [5.41, 5.74) is 0.812. The number of hydrogen-bond donors (Lipinski definition) is 0. The Morgan fingerprint density at radius 3 is 2.43 bits per heavy atom. The number of nitrogens with zero attached hydrogens (tertiary/aromatic N) is 1. The molecule has 0 bridgehead atoms. The molecule has 4 nitrogen and oxygen atoms in total. The molecule has 0 aliphatic carbocycles. The monoisotopic (exact) mass is 299 g/mol. The molecule has 0 atom stereocenters. The Kier molecular flexibility index (Phi) is 4.85. The number of rotatable bonds is 4.